The van der Waals surface area contributed by atoms with Gasteiger partial charge in [0.05, 0.1) is 11.4 Å². The van der Waals surface area contributed by atoms with Crippen LogP contribution >= 0.6 is 0 Å². The molecule has 1 amide bonds. The third-order valence-electron chi connectivity index (χ3n) is 4.33. The van der Waals surface area contributed by atoms with Crippen LogP contribution in [0.15, 0.2) is 53.4 Å². The van der Waals surface area contributed by atoms with Crippen LogP contribution in [0.5, 0.6) is 0 Å². The molecule has 7 heteroatoms. The van der Waals surface area contributed by atoms with Crippen molar-refractivity contribution in [3.63, 3.8) is 0 Å². The average molecular weight is 405 g/mol. The molecule has 0 fully saturated rings. The molecule has 152 valence electrons. The van der Waals surface area contributed by atoms with E-state index in [-0.39, 0.29) is 23.9 Å². The SMILES string of the molecule is COCCCNC(=O)CN(Cc1ccccc1)S(=O)(=O)c1cc(C)ccc1C. The number of nitrogens with one attached hydrogen (secondary N) is 1. The van der Waals surface area contributed by atoms with Gasteiger partial charge in [0.15, 0.2) is 0 Å². The van der Waals surface area contributed by atoms with Crippen LogP contribution in [0.25, 0.3) is 0 Å². The first kappa shape index (κ1) is 22.1. The molecule has 0 aliphatic rings. The highest BCUT2D eigenvalue weighted by molar-refractivity contribution is 7.89. The second kappa shape index (κ2) is 10.4. The number of aryl methyl sites for hydroxylation is 2. The van der Waals surface area contributed by atoms with Gasteiger partial charge < -0.3 is 10.1 Å². The van der Waals surface area contributed by atoms with Crippen LogP contribution < -0.4 is 5.32 Å². The summed E-state index contributed by atoms with van der Waals surface area (Å²) in [6.07, 6.45) is 0.671. The molecule has 2 rings (SSSR count). The van der Waals surface area contributed by atoms with Gasteiger partial charge in [-0.3, -0.25) is 4.79 Å². The summed E-state index contributed by atoms with van der Waals surface area (Å²) in [5.74, 6) is -0.332. The van der Waals surface area contributed by atoms with Crippen molar-refractivity contribution < 1.29 is 17.9 Å². The maximum absolute atomic E-state index is 13.3. The third-order valence-corrected chi connectivity index (χ3v) is 6.26. The minimum Gasteiger partial charge on any atom is -0.385 e. The molecule has 2 aromatic carbocycles. The number of amides is 1. The smallest absolute Gasteiger partial charge is 0.244 e. The Bertz CT molecular complexity index is 883. The largest absolute Gasteiger partial charge is 0.385 e. The molecule has 0 aliphatic carbocycles. The molecule has 0 bridgehead atoms. The van der Waals surface area contributed by atoms with E-state index < -0.39 is 10.0 Å². The Morgan fingerprint density at radius 2 is 1.82 bits per heavy atom. The summed E-state index contributed by atoms with van der Waals surface area (Å²) in [4.78, 5) is 12.6. The van der Waals surface area contributed by atoms with Crippen molar-refractivity contribution >= 4 is 15.9 Å². The zero-order chi connectivity index (χ0) is 20.6. The molecule has 0 saturated carbocycles. The summed E-state index contributed by atoms with van der Waals surface area (Å²) < 4.78 is 32.9. The molecular weight excluding hydrogens is 376 g/mol. The fraction of sp³-hybridized carbons (Fsp3) is 0.381. The normalized spacial score (nSPS) is 11.6. The number of rotatable bonds is 10. The van der Waals surface area contributed by atoms with Gasteiger partial charge in [-0.25, -0.2) is 8.42 Å². The summed E-state index contributed by atoms with van der Waals surface area (Å²) >= 11 is 0. The number of benzene rings is 2. The molecule has 0 aromatic heterocycles. The van der Waals surface area contributed by atoms with E-state index in [0.29, 0.717) is 25.1 Å². The monoisotopic (exact) mass is 404 g/mol. The van der Waals surface area contributed by atoms with Crippen molar-refractivity contribution in [2.24, 2.45) is 0 Å². The minimum atomic E-state index is -3.83. The molecule has 0 spiro atoms. The highest BCUT2D eigenvalue weighted by Gasteiger charge is 2.28. The number of carbonyl (C=O) groups excluding carboxylic acids is 1. The molecule has 0 aliphatic heterocycles. The van der Waals surface area contributed by atoms with Gasteiger partial charge >= 0.3 is 0 Å². The molecule has 28 heavy (non-hydrogen) atoms. The molecular formula is C21H28N2O4S. The molecule has 0 atom stereocenters. The van der Waals surface area contributed by atoms with Gasteiger partial charge in [0.25, 0.3) is 0 Å². The highest BCUT2D eigenvalue weighted by atomic mass is 32.2. The summed E-state index contributed by atoms with van der Waals surface area (Å²) in [6, 6.07) is 14.6. The third kappa shape index (κ3) is 6.15. The maximum Gasteiger partial charge on any atom is 0.244 e. The molecule has 2 aromatic rings. The second-order valence-corrected chi connectivity index (χ2v) is 8.63. The van der Waals surface area contributed by atoms with Gasteiger partial charge in [0.2, 0.25) is 15.9 Å². The molecule has 0 saturated heterocycles. The number of carbonyl (C=O) groups is 1. The lowest BCUT2D eigenvalue weighted by molar-refractivity contribution is -0.121. The predicted octanol–water partition coefficient (Wildman–Crippen LogP) is 2.65. The first-order valence-electron chi connectivity index (χ1n) is 9.21. The van der Waals surface area contributed by atoms with Crippen LogP contribution in [0.4, 0.5) is 0 Å². The van der Waals surface area contributed by atoms with Crippen LogP contribution in [-0.2, 0) is 26.1 Å². The predicted molar refractivity (Wildman–Crippen MR) is 109 cm³/mol. The molecule has 6 nitrogen and oxygen atoms in total. The first-order valence-corrected chi connectivity index (χ1v) is 10.7. The van der Waals surface area contributed by atoms with E-state index in [1.54, 1.807) is 26.2 Å². The lowest BCUT2D eigenvalue weighted by atomic mass is 10.2. The number of methoxy groups -OCH3 is 1. The van der Waals surface area contributed by atoms with E-state index in [0.717, 1.165) is 11.1 Å². The van der Waals surface area contributed by atoms with E-state index in [1.807, 2.05) is 43.3 Å². The van der Waals surface area contributed by atoms with E-state index in [1.165, 1.54) is 4.31 Å². The fourth-order valence-corrected chi connectivity index (χ4v) is 4.49. The van der Waals surface area contributed by atoms with Crippen LogP contribution in [-0.4, -0.2) is 45.4 Å². The van der Waals surface area contributed by atoms with Gasteiger partial charge in [0, 0.05) is 26.8 Å². The summed E-state index contributed by atoms with van der Waals surface area (Å²) in [7, 11) is -2.24. The second-order valence-electron chi connectivity index (χ2n) is 6.72. The minimum absolute atomic E-state index is 0.127. The van der Waals surface area contributed by atoms with Crippen LogP contribution in [0.2, 0.25) is 0 Å². The molecule has 0 heterocycles. The fourth-order valence-electron chi connectivity index (χ4n) is 2.80. The Labute approximate surface area is 167 Å². The topological polar surface area (TPSA) is 75.7 Å². The lowest BCUT2D eigenvalue weighted by Gasteiger charge is -2.23. The molecule has 0 radical (unpaired) electrons. The number of hydrogen-bond donors (Lipinski definition) is 1. The Morgan fingerprint density at radius 1 is 1.11 bits per heavy atom. The molecule has 0 unspecified atom stereocenters. The first-order chi connectivity index (χ1) is 13.3. The van der Waals surface area contributed by atoms with Crippen LogP contribution in [0.1, 0.15) is 23.1 Å². The number of ether oxygens (including phenoxy) is 1. The Morgan fingerprint density at radius 3 is 2.50 bits per heavy atom. The number of nitrogens with zero attached hydrogens (tertiary/aromatic N) is 1. The van der Waals surface area contributed by atoms with Crippen molar-refractivity contribution in [2.75, 3.05) is 26.8 Å². The van der Waals surface area contributed by atoms with E-state index >= 15 is 0 Å². The van der Waals surface area contributed by atoms with Gasteiger partial charge in [-0.2, -0.15) is 4.31 Å². The Kier molecular flexibility index (Phi) is 8.17. The van der Waals surface area contributed by atoms with Crippen molar-refractivity contribution in [1.82, 2.24) is 9.62 Å². The number of sulfonamides is 1. The van der Waals surface area contributed by atoms with Gasteiger partial charge in [-0.15, -0.1) is 0 Å². The average Bonchev–Trinajstić information content (AvgIpc) is 2.67. The zero-order valence-electron chi connectivity index (χ0n) is 16.6. The molecule has 1 N–H and O–H groups in total. The summed E-state index contributed by atoms with van der Waals surface area (Å²) in [5.41, 5.74) is 2.33. The summed E-state index contributed by atoms with van der Waals surface area (Å²) in [5, 5.41) is 2.76. The van der Waals surface area contributed by atoms with Gasteiger partial charge in [0.1, 0.15) is 0 Å². The quantitative estimate of drug-likeness (QED) is 0.618. The standard InChI is InChI=1S/C21H28N2O4S/c1-17-10-11-18(2)20(14-17)28(25,26)23(15-19-8-5-4-6-9-19)16-21(24)22-12-7-13-27-3/h4-6,8-11,14H,7,12-13,15-16H2,1-3H3,(H,22,24). The van der Waals surface area contributed by atoms with Crippen molar-refractivity contribution in [3.05, 3.63) is 65.2 Å². The Balaban J connectivity index is 2.26. The Hall–Kier alpha value is -2.22. The van der Waals surface area contributed by atoms with Crippen LogP contribution in [0, 0.1) is 13.8 Å². The maximum atomic E-state index is 13.3. The van der Waals surface area contributed by atoms with Crippen molar-refractivity contribution in [3.8, 4) is 0 Å². The van der Waals surface area contributed by atoms with E-state index in [4.69, 9.17) is 4.74 Å². The van der Waals surface area contributed by atoms with Gasteiger partial charge in [-0.05, 0) is 43.0 Å². The van der Waals surface area contributed by atoms with E-state index in [2.05, 4.69) is 5.32 Å². The number of hydrogen-bond acceptors (Lipinski definition) is 4. The lowest BCUT2D eigenvalue weighted by Crippen LogP contribution is -2.41. The van der Waals surface area contributed by atoms with Crippen molar-refractivity contribution in [2.45, 2.75) is 31.7 Å². The van der Waals surface area contributed by atoms with Crippen LogP contribution in [0.3, 0.4) is 0 Å². The van der Waals surface area contributed by atoms with E-state index in [9.17, 15) is 13.2 Å². The van der Waals surface area contributed by atoms with Gasteiger partial charge in [-0.1, -0.05) is 42.5 Å². The summed E-state index contributed by atoms with van der Waals surface area (Å²) in [6.45, 7) is 4.48. The van der Waals surface area contributed by atoms with Crippen molar-refractivity contribution in [1.29, 1.82) is 0 Å². The zero-order valence-corrected chi connectivity index (χ0v) is 17.5. The highest BCUT2D eigenvalue weighted by Crippen LogP contribution is 2.23.